The first-order valence-corrected chi connectivity index (χ1v) is 6.70. The quantitative estimate of drug-likeness (QED) is 0.846. The average molecular weight is 232 g/mol. The van der Waals surface area contributed by atoms with Crippen LogP contribution in [-0.2, 0) is 0 Å². The van der Waals surface area contributed by atoms with Crippen LogP contribution in [0.4, 0.5) is 0 Å². The lowest BCUT2D eigenvalue weighted by Crippen LogP contribution is -2.35. The summed E-state index contributed by atoms with van der Waals surface area (Å²) in [5, 5.41) is 0. The first kappa shape index (κ1) is 12.6. The first-order chi connectivity index (χ1) is 8.17. The molecule has 1 saturated carbocycles. The molecule has 0 saturated heterocycles. The van der Waals surface area contributed by atoms with Gasteiger partial charge in [0.15, 0.2) is 0 Å². The second kappa shape index (κ2) is 5.19. The van der Waals surface area contributed by atoms with E-state index in [-0.39, 0.29) is 0 Å². The zero-order chi connectivity index (χ0) is 12.4. The third kappa shape index (κ3) is 2.70. The monoisotopic (exact) mass is 232 g/mol. The second-order valence-electron chi connectivity index (χ2n) is 5.16. The first-order valence-electron chi connectivity index (χ1n) is 6.70. The van der Waals surface area contributed by atoms with Crippen LogP contribution in [0.15, 0.2) is 18.2 Å². The van der Waals surface area contributed by atoms with E-state index in [1.165, 1.54) is 29.5 Å². The van der Waals surface area contributed by atoms with Crippen LogP contribution in [0.2, 0.25) is 0 Å². The number of likely N-dealkylation sites (N-methyl/N-ethyl adjacent to an activating group) is 1. The fourth-order valence-electron chi connectivity index (χ4n) is 2.57. The summed E-state index contributed by atoms with van der Waals surface area (Å²) in [6.07, 6.45) is 2.68. The van der Waals surface area contributed by atoms with Gasteiger partial charge >= 0.3 is 0 Å². The molecule has 2 heteroatoms. The highest BCUT2D eigenvalue weighted by Crippen LogP contribution is 2.34. The van der Waals surface area contributed by atoms with E-state index in [4.69, 9.17) is 5.73 Å². The summed E-state index contributed by atoms with van der Waals surface area (Å²) in [6.45, 7) is 8.39. The van der Waals surface area contributed by atoms with E-state index in [0.29, 0.717) is 12.6 Å². The molecule has 1 unspecified atom stereocenters. The van der Waals surface area contributed by atoms with Crippen molar-refractivity contribution in [2.45, 2.75) is 45.7 Å². The number of nitrogens with zero attached hydrogens (tertiary/aromatic N) is 1. The zero-order valence-corrected chi connectivity index (χ0v) is 11.2. The van der Waals surface area contributed by atoms with Crippen molar-refractivity contribution in [3.8, 4) is 0 Å². The van der Waals surface area contributed by atoms with E-state index in [0.717, 1.165) is 12.6 Å². The minimum Gasteiger partial charge on any atom is -0.329 e. The van der Waals surface area contributed by atoms with Crippen molar-refractivity contribution in [2.75, 3.05) is 13.1 Å². The molecule has 2 rings (SSSR count). The van der Waals surface area contributed by atoms with Gasteiger partial charge in [-0.2, -0.15) is 0 Å². The Kier molecular flexibility index (Phi) is 3.85. The lowest BCUT2D eigenvalue weighted by molar-refractivity contribution is 0.202. The number of hydrogen-bond donors (Lipinski definition) is 1. The number of nitrogens with two attached hydrogens (primary N) is 1. The van der Waals surface area contributed by atoms with E-state index in [2.05, 4.69) is 43.9 Å². The third-order valence-electron chi connectivity index (χ3n) is 3.92. The Bertz CT molecular complexity index is 383. The highest BCUT2D eigenvalue weighted by atomic mass is 15.2. The normalized spacial score (nSPS) is 17.5. The molecule has 0 heterocycles. The Balaban J connectivity index is 2.23. The van der Waals surface area contributed by atoms with Gasteiger partial charge in [-0.15, -0.1) is 0 Å². The summed E-state index contributed by atoms with van der Waals surface area (Å²) in [4.78, 5) is 2.56. The van der Waals surface area contributed by atoms with Crippen molar-refractivity contribution < 1.29 is 0 Å². The standard InChI is InChI=1S/C15H24N2/c1-4-17(14-7-8-14)15(10-16)13-6-5-11(2)12(3)9-13/h5-6,9,14-15H,4,7-8,10,16H2,1-3H3. The molecule has 1 aromatic rings. The molecule has 1 aliphatic rings. The van der Waals surface area contributed by atoms with Gasteiger partial charge in [0.05, 0.1) is 0 Å². The van der Waals surface area contributed by atoms with Crippen molar-refractivity contribution in [3.63, 3.8) is 0 Å². The van der Waals surface area contributed by atoms with E-state index in [1.54, 1.807) is 0 Å². The molecule has 1 fully saturated rings. The molecule has 0 amide bonds. The molecule has 0 bridgehead atoms. The van der Waals surface area contributed by atoms with Gasteiger partial charge in [-0.05, 0) is 49.9 Å². The summed E-state index contributed by atoms with van der Waals surface area (Å²) in [5.74, 6) is 0. The maximum absolute atomic E-state index is 5.99. The lowest BCUT2D eigenvalue weighted by atomic mass is 10.00. The maximum Gasteiger partial charge on any atom is 0.0473 e. The van der Waals surface area contributed by atoms with Gasteiger partial charge in [-0.3, -0.25) is 4.90 Å². The van der Waals surface area contributed by atoms with Gasteiger partial charge in [0.25, 0.3) is 0 Å². The van der Waals surface area contributed by atoms with Crippen LogP contribution in [0.5, 0.6) is 0 Å². The molecule has 17 heavy (non-hydrogen) atoms. The van der Waals surface area contributed by atoms with Gasteiger partial charge in [0.2, 0.25) is 0 Å². The largest absolute Gasteiger partial charge is 0.329 e. The topological polar surface area (TPSA) is 29.3 Å². The smallest absolute Gasteiger partial charge is 0.0473 e. The molecule has 0 aliphatic heterocycles. The van der Waals surface area contributed by atoms with Crippen molar-refractivity contribution in [2.24, 2.45) is 5.73 Å². The Hall–Kier alpha value is -0.860. The molecule has 1 aromatic carbocycles. The minimum absolute atomic E-state index is 0.395. The molecule has 94 valence electrons. The molecule has 1 atom stereocenters. The van der Waals surface area contributed by atoms with Crippen LogP contribution in [0.3, 0.4) is 0 Å². The number of benzene rings is 1. The van der Waals surface area contributed by atoms with Gasteiger partial charge in [-0.1, -0.05) is 25.1 Å². The number of hydrogen-bond acceptors (Lipinski definition) is 2. The van der Waals surface area contributed by atoms with Crippen molar-refractivity contribution in [1.29, 1.82) is 0 Å². The highest BCUT2D eigenvalue weighted by Gasteiger charge is 2.32. The maximum atomic E-state index is 5.99. The SMILES string of the molecule is CCN(C1CC1)C(CN)c1ccc(C)c(C)c1. The lowest BCUT2D eigenvalue weighted by Gasteiger charge is -2.30. The van der Waals surface area contributed by atoms with Crippen LogP contribution >= 0.6 is 0 Å². The fraction of sp³-hybridized carbons (Fsp3) is 0.600. The predicted molar refractivity (Wildman–Crippen MR) is 73.1 cm³/mol. The zero-order valence-electron chi connectivity index (χ0n) is 11.2. The van der Waals surface area contributed by atoms with E-state index in [1.807, 2.05) is 0 Å². The van der Waals surface area contributed by atoms with Crippen LogP contribution in [0, 0.1) is 13.8 Å². The highest BCUT2D eigenvalue weighted by molar-refractivity contribution is 5.32. The molecule has 1 aliphatic carbocycles. The average Bonchev–Trinajstić information content (AvgIpc) is 3.14. The summed E-state index contributed by atoms with van der Waals surface area (Å²) < 4.78 is 0. The fourth-order valence-corrected chi connectivity index (χ4v) is 2.57. The minimum atomic E-state index is 0.395. The Labute approximate surface area is 105 Å². The predicted octanol–water partition coefficient (Wildman–Crippen LogP) is 2.79. The molecular formula is C15H24N2. The van der Waals surface area contributed by atoms with E-state index >= 15 is 0 Å². The molecule has 0 spiro atoms. The van der Waals surface area contributed by atoms with Gasteiger partial charge in [0, 0.05) is 18.6 Å². The Morgan fingerprint density at radius 1 is 1.29 bits per heavy atom. The summed E-state index contributed by atoms with van der Waals surface area (Å²) in [6, 6.07) is 7.93. The summed E-state index contributed by atoms with van der Waals surface area (Å²) in [5.41, 5.74) is 10.1. The Morgan fingerprint density at radius 2 is 2.00 bits per heavy atom. The summed E-state index contributed by atoms with van der Waals surface area (Å²) >= 11 is 0. The van der Waals surface area contributed by atoms with E-state index in [9.17, 15) is 0 Å². The van der Waals surface area contributed by atoms with Gasteiger partial charge in [-0.25, -0.2) is 0 Å². The molecule has 2 nitrogen and oxygen atoms in total. The van der Waals surface area contributed by atoms with Crippen LogP contribution in [-0.4, -0.2) is 24.0 Å². The van der Waals surface area contributed by atoms with Gasteiger partial charge < -0.3 is 5.73 Å². The second-order valence-corrected chi connectivity index (χ2v) is 5.16. The molecule has 0 aromatic heterocycles. The summed E-state index contributed by atoms with van der Waals surface area (Å²) in [7, 11) is 0. The molecule has 2 N–H and O–H groups in total. The Morgan fingerprint density at radius 3 is 2.47 bits per heavy atom. The number of rotatable bonds is 5. The van der Waals surface area contributed by atoms with Crippen molar-refractivity contribution in [3.05, 3.63) is 34.9 Å². The van der Waals surface area contributed by atoms with Gasteiger partial charge in [0.1, 0.15) is 0 Å². The third-order valence-corrected chi connectivity index (χ3v) is 3.92. The van der Waals surface area contributed by atoms with E-state index < -0.39 is 0 Å². The molecular weight excluding hydrogens is 208 g/mol. The molecule has 0 radical (unpaired) electrons. The van der Waals surface area contributed by atoms with Crippen molar-refractivity contribution >= 4 is 0 Å². The number of aryl methyl sites for hydroxylation is 2. The van der Waals surface area contributed by atoms with Crippen LogP contribution in [0.25, 0.3) is 0 Å². The van der Waals surface area contributed by atoms with Crippen molar-refractivity contribution in [1.82, 2.24) is 4.90 Å². The van der Waals surface area contributed by atoms with Crippen LogP contribution < -0.4 is 5.73 Å². The van der Waals surface area contributed by atoms with Crippen LogP contribution in [0.1, 0.15) is 42.5 Å².